The molecule has 1 aliphatic heterocycles. The maximum Gasteiger partial charge on any atom is 0.243 e. The van der Waals surface area contributed by atoms with Crippen molar-refractivity contribution in [2.75, 3.05) is 20.3 Å². The van der Waals surface area contributed by atoms with E-state index >= 15 is 0 Å². The fourth-order valence-corrected chi connectivity index (χ4v) is 1.79. The summed E-state index contributed by atoms with van der Waals surface area (Å²) in [4.78, 5) is 4.29. The molecule has 0 aromatic carbocycles. The van der Waals surface area contributed by atoms with Crippen molar-refractivity contribution in [2.45, 2.75) is 31.4 Å². The molecule has 16 heavy (non-hydrogen) atoms. The minimum atomic E-state index is -0.311. The maximum atomic E-state index is 9.37. The van der Waals surface area contributed by atoms with E-state index in [9.17, 15) is 5.11 Å². The summed E-state index contributed by atoms with van der Waals surface area (Å²) in [5.74, 6) is 1.28. The summed E-state index contributed by atoms with van der Waals surface area (Å²) in [7, 11) is 1.67. The van der Waals surface area contributed by atoms with Crippen LogP contribution in [0.4, 0.5) is 0 Å². The number of hydrogen-bond acceptors (Lipinski definition) is 6. The van der Waals surface area contributed by atoms with E-state index in [0.717, 1.165) is 12.8 Å². The first kappa shape index (κ1) is 11.5. The second kappa shape index (κ2) is 5.38. The Kier molecular flexibility index (Phi) is 3.87. The molecule has 0 saturated carbocycles. The number of aryl methyl sites for hydroxylation is 1. The maximum absolute atomic E-state index is 9.37. The fourth-order valence-electron chi connectivity index (χ4n) is 1.79. The molecule has 2 atom stereocenters. The number of β-amino-alcohol motifs (C(OH)–C–C–N with tert-alkyl or cyclic N) is 1. The molecule has 1 aliphatic rings. The van der Waals surface area contributed by atoms with Crippen LogP contribution in [0.1, 0.15) is 30.6 Å². The lowest BCUT2D eigenvalue weighted by molar-refractivity contribution is 0.190. The van der Waals surface area contributed by atoms with E-state index < -0.39 is 0 Å². The molecule has 1 fully saturated rings. The van der Waals surface area contributed by atoms with Crippen LogP contribution < -0.4 is 5.32 Å². The Hall–Kier alpha value is -0.980. The number of aliphatic hydroxyl groups is 1. The highest BCUT2D eigenvalue weighted by molar-refractivity contribution is 4.97. The quantitative estimate of drug-likeness (QED) is 0.691. The van der Waals surface area contributed by atoms with Gasteiger partial charge in [-0.25, -0.2) is 0 Å². The van der Waals surface area contributed by atoms with E-state index in [-0.39, 0.29) is 12.1 Å². The first-order chi connectivity index (χ1) is 7.79. The molecule has 0 aliphatic carbocycles. The topological polar surface area (TPSA) is 80.4 Å². The summed E-state index contributed by atoms with van der Waals surface area (Å²) < 4.78 is 10.1. The van der Waals surface area contributed by atoms with Gasteiger partial charge in [0.1, 0.15) is 0 Å². The first-order valence-electron chi connectivity index (χ1n) is 5.52. The number of nitrogens with zero attached hydrogens (tertiary/aromatic N) is 2. The summed E-state index contributed by atoms with van der Waals surface area (Å²) in [5.41, 5.74) is 0. The molecule has 0 bridgehead atoms. The van der Waals surface area contributed by atoms with Gasteiger partial charge < -0.3 is 19.7 Å². The molecule has 2 heterocycles. The van der Waals surface area contributed by atoms with Gasteiger partial charge in [-0.2, -0.15) is 4.98 Å². The summed E-state index contributed by atoms with van der Waals surface area (Å²) in [5, 5.41) is 16.4. The summed E-state index contributed by atoms with van der Waals surface area (Å²) in [6.45, 7) is 1.29. The Labute approximate surface area is 94.0 Å². The SMILES string of the molecule is COCCCc1noc([C@@H]2C[C@H](O)CN2)n1. The van der Waals surface area contributed by atoms with Crippen molar-refractivity contribution in [3.63, 3.8) is 0 Å². The second-order valence-corrected chi connectivity index (χ2v) is 4.00. The predicted molar refractivity (Wildman–Crippen MR) is 55.9 cm³/mol. The zero-order chi connectivity index (χ0) is 11.4. The number of hydrogen-bond donors (Lipinski definition) is 2. The molecule has 1 saturated heterocycles. The van der Waals surface area contributed by atoms with Gasteiger partial charge in [0.25, 0.3) is 0 Å². The molecule has 6 nitrogen and oxygen atoms in total. The van der Waals surface area contributed by atoms with E-state index in [1.54, 1.807) is 7.11 Å². The van der Waals surface area contributed by atoms with Gasteiger partial charge in [0, 0.05) is 26.7 Å². The molecular weight excluding hydrogens is 210 g/mol. The van der Waals surface area contributed by atoms with Gasteiger partial charge in [-0.1, -0.05) is 5.16 Å². The van der Waals surface area contributed by atoms with Crippen molar-refractivity contribution < 1.29 is 14.4 Å². The van der Waals surface area contributed by atoms with Gasteiger partial charge in [0.15, 0.2) is 5.82 Å². The highest BCUT2D eigenvalue weighted by Crippen LogP contribution is 2.21. The van der Waals surface area contributed by atoms with Crippen LogP contribution in [0.15, 0.2) is 4.52 Å². The lowest BCUT2D eigenvalue weighted by atomic mass is 10.2. The molecule has 0 unspecified atom stereocenters. The third kappa shape index (κ3) is 2.78. The largest absolute Gasteiger partial charge is 0.392 e. The number of aromatic nitrogens is 2. The minimum absolute atomic E-state index is 0.00123. The van der Waals surface area contributed by atoms with Gasteiger partial charge in [0.2, 0.25) is 5.89 Å². The lowest BCUT2D eigenvalue weighted by Gasteiger charge is -2.01. The molecule has 2 N–H and O–H groups in total. The van der Waals surface area contributed by atoms with Gasteiger partial charge in [-0.3, -0.25) is 0 Å². The average Bonchev–Trinajstić information content (AvgIpc) is 2.87. The van der Waals surface area contributed by atoms with Gasteiger partial charge >= 0.3 is 0 Å². The summed E-state index contributed by atoms with van der Waals surface area (Å²) in [6, 6.07) is -0.00123. The Morgan fingerprint density at radius 3 is 3.19 bits per heavy atom. The summed E-state index contributed by atoms with van der Waals surface area (Å²) >= 11 is 0. The molecule has 0 spiro atoms. The van der Waals surface area contributed by atoms with E-state index in [2.05, 4.69) is 15.5 Å². The van der Waals surface area contributed by atoms with Crippen molar-refractivity contribution >= 4 is 0 Å². The summed E-state index contributed by atoms with van der Waals surface area (Å²) in [6.07, 6.45) is 1.97. The van der Waals surface area contributed by atoms with Crippen LogP contribution >= 0.6 is 0 Å². The fraction of sp³-hybridized carbons (Fsp3) is 0.800. The Bertz CT molecular complexity index is 329. The third-order valence-corrected chi connectivity index (χ3v) is 2.64. The van der Waals surface area contributed by atoms with Crippen LogP contribution in [0, 0.1) is 0 Å². The van der Waals surface area contributed by atoms with Crippen LogP contribution in [-0.4, -0.2) is 41.6 Å². The zero-order valence-corrected chi connectivity index (χ0v) is 9.35. The number of methoxy groups -OCH3 is 1. The number of aliphatic hydroxyl groups excluding tert-OH is 1. The normalized spacial score (nSPS) is 25.1. The van der Waals surface area contributed by atoms with Crippen LogP contribution in [0.5, 0.6) is 0 Å². The van der Waals surface area contributed by atoms with E-state index in [1.165, 1.54) is 0 Å². The lowest BCUT2D eigenvalue weighted by Crippen LogP contribution is -2.15. The first-order valence-corrected chi connectivity index (χ1v) is 5.52. The van der Waals surface area contributed by atoms with Crippen molar-refractivity contribution in [1.82, 2.24) is 15.5 Å². The van der Waals surface area contributed by atoms with Crippen LogP contribution in [0.3, 0.4) is 0 Å². The molecule has 2 rings (SSSR count). The van der Waals surface area contributed by atoms with Crippen LogP contribution in [0.2, 0.25) is 0 Å². The molecule has 6 heteroatoms. The minimum Gasteiger partial charge on any atom is -0.392 e. The second-order valence-electron chi connectivity index (χ2n) is 4.00. The van der Waals surface area contributed by atoms with Gasteiger partial charge in [-0.05, 0) is 12.8 Å². The van der Waals surface area contributed by atoms with E-state index in [0.29, 0.717) is 31.3 Å². The average molecular weight is 227 g/mol. The third-order valence-electron chi connectivity index (χ3n) is 2.64. The molecule has 90 valence electrons. The van der Waals surface area contributed by atoms with E-state index in [1.807, 2.05) is 0 Å². The van der Waals surface area contributed by atoms with Gasteiger partial charge in [0.05, 0.1) is 12.1 Å². The number of rotatable bonds is 5. The zero-order valence-electron chi connectivity index (χ0n) is 9.35. The number of ether oxygens (including phenoxy) is 1. The van der Waals surface area contributed by atoms with Crippen molar-refractivity contribution in [3.8, 4) is 0 Å². The highest BCUT2D eigenvalue weighted by Gasteiger charge is 2.27. The molecule has 1 aromatic rings. The predicted octanol–water partition coefficient (Wildman–Crippen LogP) is 0.0439. The van der Waals surface area contributed by atoms with Crippen molar-refractivity contribution in [2.24, 2.45) is 0 Å². The van der Waals surface area contributed by atoms with Gasteiger partial charge in [-0.15, -0.1) is 0 Å². The molecule has 0 radical (unpaired) electrons. The molecule has 1 aromatic heterocycles. The van der Waals surface area contributed by atoms with Crippen LogP contribution in [0.25, 0.3) is 0 Å². The van der Waals surface area contributed by atoms with Crippen LogP contribution in [-0.2, 0) is 11.2 Å². The smallest absolute Gasteiger partial charge is 0.243 e. The Morgan fingerprint density at radius 1 is 1.62 bits per heavy atom. The standard InChI is InChI=1S/C10H17N3O3/c1-15-4-2-3-9-12-10(16-13-9)8-5-7(14)6-11-8/h7-8,11,14H,2-6H2,1H3/t7-,8-/m0/s1. The highest BCUT2D eigenvalue weighted by atomic mass is 16.5. The Balaban J connectivity index is 1.87. The molecule has 0 amide bonds. The van der Waals surface area contributed by atoms with E-state index in [4.69, 9.17) is 9.26 Å². The van der Waals surface area contributed by atoms with Crippen molar-refractivity contribution in [3.05, 3.63) is 11.7 Å². The molecular formula is C10H17N3O3. The van der Waals surface area contributed by atoms with Crippen molar-refractivity contribution in [1.29, 1.82) is 0 Å². The number of nitrogens with one attached hydrogen (secondary N) is 1. The Morgan fingerprint density at radius 2 is 2.50 bits per heavy atom. The monoisotopic (exact) mass is 227 g/mol.